The van der Waals surface area contributed by atoms with Gasteiger partial charge in [-0.2, -0.15) is 0 Å². The maximum Gasteiger partial charge on any atom is 0.442 e. The van der Waals surface area contributed by atoms with Crippen LogP contribution in [0.5, 0.6) is 0 Å². The Morgan fingerprint density at radius 2 is 1.90 bits per heavy atom. The summed E-state index contributed by atoms with van der Waals surface area (Å²) < 4.78 is 21.2. The Bertz CT molecular complexity index is 603. The number of amides is 1. The summed E-state index contributed by atoms with van der Waals surface area (Å²) in [4.78, 5) is 12.1. The van der Waals surface area contributed by atoms with Gasteiger partial charge in [-0.05, 0) is 44.9 Å². The number of benzene rings is 1. The lowest BCUT2D eigenvalue weighted by molar-refractivity contribution is 0.0607. The molecule has 1 aromatic carbocycles. The highest BCUT2D eigenvalue weighted by Crippen LogP contribution is 2.15. The van der Waals surface area contributed by atoms with E-state index in [0.717, 1.165) is 12.0 Å². The van der Waals surface area contributed by atoms with Crippen molar-refractivity contribution in [2.75, 3.05) is 6.26 Å². The van der Waals surface area contributed by atoms with Gasteiger partial charge in [0.25, 0.3) is 0 Å². The van der Waals surface area contributed by atoms with Crippen LogP contribution in [-0.2, 0) is 20.9 Å². The molecule has 4 nitrogen and oxygen atoms in total. The SMILES string of the molecule is C=CCc1ccc(S(C)(=O)=NC(=O)OC(C)(C)C)cc1. The molecule has 0 aromatic heterocycles. The second-order valence-electron chi connectivity index (χ2n) is 5.51. The Balaban J connectivity index is 3.00. The van der Waals surface area contributed by atoms with Crippen LogP contribution in [0.1, 0.15) is 26.3 Å². The van der Waals surface area contributed by atoms with E-state index in [0.29, 0.717) is 4.90 Å². The van der Waals surface area contributed by atoms with Gasteiger partial charge in [-0.15, -0.1) is 10.9 Å². The van der Waals surface area contributed by atoms with E-state index in [4.69, 9.17) is 4.74 Å². The highest BCUT2D eigenvalue weighted by molar-refractivity contribution is 7.93. The molecular weight excluding hydrogens is 274 g/mol. The molecule has 0 fully saturated rings. The van der Waals surface area contributed by atoms with Gasteiger partial charge in [0.2, 0.25) is 0 Å². The lowest BCUT2D eigenvalue weighted by Gasteiger charge is -2.17. The smallest absolute Gasteiger partial charge is 0.442 e. The third-order valence-electron chi connectivity index (χ3n) is 2.38. The first-order valence-corrected chi connectivity index (χ1v) is 8.21. The fourth-order valence-electron chi connectivity index (χ4n) is 1.52. The first-order chi connectivity index (χ1) is 9.14. The van der Waals surface area contributed by atoms with Gasteiger partial charge in [-0.3, -0.25) is 0 Å². The third-order valence-corrected chi connectivity index (χ3v) is 4.03. The van der Waals surface area contributed by atoms with Crippen LogP contribution in [0.4, 0.5) is 4.79 Å². The van der Waals surface area contributed by atoms with Gasteiger partial charge in [0, 0.05) is 11.2 Å². The third kappa shape index (κ3) is 5.17. The van der Waals surface area contributed by atoms with Crippen molar-refractivity contribution in [3.05, 3.63) is 42.5 Å². The van der Waals surface area contributed by atoms with Crippen LogP contribution < -0.4 is 0 Å². The van der Waals surface area contributed by atoms with Crippen molar-refractivity contribution in [2.24, 2.45) is 4.36 Å². The normalized spacial score (nSPS) is 14.2. The summed E-state index contributed by atoms with van der Waals surface area (Å²) in [6, 6.07) is 7.14. The summed E-state index contributed by atoms with van der Waals surface area (Å²) in [7, 11) is -2.79. The first kappa shape index (κ1) is 16.4. The average Bonchev–Trinajstić information content (AvgIpc) is 2.26. The van der Waals surface area contributed by atoms with Crippen molar-refractivity contribution in [1.29, 1.82) is 0 Å². The van der Waals surface area contributed by atoms with Gasteiger partial charge in [-0.25, -0.2) is 9.00 Å². The number of nitrogens with zero attached hydrogens (tertiary/aromatic N) is 1. The fourth-order valence-corrected chi connectivity index (χ4v) is 2.59. The standard InChI is InChI=1S/C15H21NO3S/c1-6-7-12-8-10-13(11-9-12)20(5,18)16-14(17)19-15(2,3)4/h6,8-11H,1,7H2,2-5H3. The molecule has 0 aliphatic rings. The van der Waals surface area contributed by atoms with Crippen LogP contribution in [0, 0.1) is 0 Å². The van der Waals surface area contributed by atoms with Gasteiger partial charge >= 0.3 is 6.09 Å². The molecule has 0 N–H and O–H groups in total. The lowest BCUT2D eigenvalue weighted by atomic mass is 10.2. The topological polar surface area (TPSA) is 55.7 Å². The average molecular weight is 295 g/mol. The summed E-state index contributed by atoms with van der Waals surface area (Å²) >= 11 is 0. The van der Waals surface area contributed by atoms with Crippen molar-refractivity contribution >= 4 is 15.8 Å². The van der Waals surface area contributed by atoms with Crippen molar-refractivity contribution in [1.82, 2.24) is 0 Å². The van der Waals surface area contributed by atoms with E-state index in [-0.39, 0.29) is 0 Å². The number of allylic oxidation sites excluding steroid dienone is 1. The summed E-state index contributed by atoms with van der Waals surface area (Å²) in [6.45, 7) is 8.88. The highest BCUT2D eigenvalue weighted by atomic mass is 32.2. The van der Waals surface area contributed by atoms with E-state index in [9.17, 15) is 9.00 Å². The number of hydrogen-bond acceptors (Lipinski definition) is 3. The molecule has 0 heterocycles. The van der Waals surface area contributed by atoms with E-state index in [1.807, 2.05) is 12.1 Å². The summed E-state index contributed by atoms with van der Waals surface area (Å²) in [5.74, 6) is 0. The zero-order valence-electron chi connectivity index (χ0n) is 12.4. The van der Waals surface area contributed by atoms with E-state index in [1.165, 1.54) is 6.26 Å². The van der Waals surface area contributed by atoms with Crippen molar-refractivity contribution < 1.29 is 13.7 Å². The molecule has 0 bridgehead atoms. The highest BCUT2D eigenvalue weighted by Gasteiger charge is 2.18. The van der Waals surface area contributed by atoms with Crippen molar-refractivity contribution in [3.8, 4) is 0 Å². The summed E-state index contributed by atoms with van der Waals surface area (Å²) in [6.07, 6.45) is 3.16. The Morgan fingerprint density at radius 3 is 2.35 bits per heavy atom. The van der Waals surface area contributed by atoms with E-state index < -0.39 is 21.4 Å². The molecule has 1 atom stereocenters. The molecule has 110 valence electrons. The number of hydrogen-bond donors (Lipinski definition) is 0. The van der Waals surface area contributed by atoms with E-state index in [2.05, 4.69) is 10.9 Å². The van der Waals surface area contributed by atoms with Crippen LogP contribution in [0.15, 0.2) is 46.2 Å². The maximum atomic E-state index is 12.5. The molecule has 0 spiro atoms. The lowest BCUT2D eigenvalue weighted by Crippen LogP contribution is -2.22. The van der Waals surface area contributed by atoms with Gasteiger partial charge in [0.1, 0.15) is 5.60 Å². The van der Waals surface area contributed by atoms with Gasteiger partial charge in [0.05, 0.1) is 9.73 Å². The van der Waals surface area contributed by atoms with Gasteiger partial charge < -0.3 is 4.74 Å². The maximum absolute atomic E-state index is 12.5. The molecule has 0 radical (unpaired) electrons. The van der Waals surface area contributed by atoms with Crippen LogP contribution >= 0.6 is 0 Å². The second-order valence-corrected chi connectivity index (χ2v) is 7.77. The second kappa shape index (κ2) is 6.22. The number of rotatable bonds is 3. The first-order valence-electron chi connectivity index (χ1n) is 6.29. The van der Waals surface area contributed by atoms with Crippen LogP contribution in [0.2, 0.25) is 0 Å². The molecule has 1 aromatic rings. The molecule has 0 saturated carbocycles. The molecule has 20 heavy (non-hydrogen) atoms. The molecular formula is C15H21NO3S. The molecule has 0 aliphatic carbocycles. The molecule has 0 aliphatic heterocycles. The number of ether oxygens (including phenoxy) is 1. The van der Waals surface area contributed by atoms with E-state index >= 15 is 0 Å². The van der Waals surface area contributed by atoms with Gasteiger partial charge in [0.15, 0.2) is 0 Å². The predicted molar refractivity (Wildman–Crippen MR) is 81.3 cm³/mol. The Morgan fingerprint density at radius 1 is 1.35 bits per heavy atom. The Hall–Kier alpha value is -1.62. The van der Waals surface area contributed by atoms with Crippen LogP contribution in [-0.4, -0.2) is 22.2 Å². The minimum Gasteiger partial charge on any atom is -0.442 e. The molecule has 1 rings (SSSR count). The quantitative estimate of drug-likeness (QED) is 0.797. The minimum atomic E-state index is -2.79. The zero-order chi connectivity index (χ0) is 15.4. The molecule has 0 saturated heterocycles. The summed E-state index contributed by atoms with van der Waals surface area (Å²) in [5, 5.41) is 0. The van der Waals surface area contributed by atoms with Crippen LogP contribution in [0.3, 0.4) is 0 Å². The monoisotopic (exact) mass is 295 g/mol. The van der Waals surface area contributed by atoms with Crippen molar-refractivity contribution in [3.63, 3.8) is 0 Å². The predicted octanol–water partition coefficient (Wildman–Crippen LogP) is 3.81. The fraction of sp³-hybridized carbons (Fsp3) is 0.400. The number of carbonyl (C=O) groups excluding carboxylic acids is 1. The minimum absolute atomic E-state index is 0.510. The Labute approximate surface area is 121 Å². The molecule has 1 amide bonds. The Kier molecular flexibility index (Phi) is 5.11. The molecule has 1 unspecified atom stereocenters. The summed E-state index contributed by atoms with van der Waals surface area (Å²) in [5.41, 5.74) is 0.417. The zero-order valence-corrected chi connectivity index (χ0v) is 13.2. The molecule has 5 heteroatoms. The van der Waals surface area contributed by atoms with Gasteiger partial charge in [-0.1, -0.05) is 18.2 Å². The largest absolute Gasteiger partial charge is 0.442 e. The number of carbonyl (C=O) groups is 1. The van der Waals surface area contributed by atoms with Crippen molar-refractivity contribution in [2.45, 2.75) is 37.7 Å². The van der Waals surface area contributed by atoms with Crippen LogP contribution in [0.25, 0.3) is 0 Å². The van der Waals surface area contributed by atoms with E-state index in [1.54, 1.807) is 39.0 Å².